The number of hydrogen-bond acceptors (Lipinski definition) is 3. The SMILES string of the molecule is Cc1nn(Cc2ccc(F)cc2)c(Cl)c1C(=O)NCCNC(=O)C(C)C. The van der Waals surface area contributed by atoms with Crippen molar-refractivity contribution in [3.05, 3.63) is 52.1 Å². The Balaban J connectivity index is 1.98. The van der Waals surface area contributed by atoms with Crippen LogP contribution in [0.4, 0.5) is 4.39 Å². The highest BCUT2D eigenvalue weighted by Crippen LogP contribution is 2.21. The fraction of sp³-hybridized carbons (Fsp3) is 0.389. The maximum atomic E-state index is 13.0. The number of halogens is 2. The number of rotatable bonds is 7. The van der Waals surface area contributed by atoms with Crippen LogP contribution in [0.25, 0.3) is 0 Å². The fourth-order valence-corrected chi connectivity index (χ4v) is 2.65. The number of nitrogens with zero attached hydrogens (tertiary/aromatic N) is 2. The maximum absolute atomic E-state index is 13.0. The van der Waals surface area contributed by atoms with E-state index in [9.17, 15) is 14.0 Å². The van der Waals surface area contributed by atoms with E-state index in [1.54, 1.807) is 32.9 Å². The van der Waals surface area contributed by atoms with E-state index >= 15 is 0 Å². The summed E-state index contributed by atoms with van der Waals surface area (Å²) in [6.07, 6.45) is 0. The van der Waals surface area contributed by atoms with Crippen molar-refractivity contribution in [2.24, 2.45) is 5.92 Å². The molecular weight excluding hydrogens is 359 g/mol. The van der Waals surface area contributed by atoms with Gasteiger partial charge in [0.15, 0.2) is 0 Å². The van der Waals surface area contributed by atoms with Gasteiger partial charge in [-0.15, -0.1) is 0 Å². The van der Waals surface area contributed by atoms with Crippen LogP contribution in [-0.2, 0) is 11.3 Å². The van der Waals surface area contributed by atoms with Gasteiger partial charge in [-0.2, -0.15) is 5.10 Å². The summed E-state index contributed by atoms with van der Waals surface area (Å²) < 4.78 is 14.5. The minimum Gasteiger partial charge on any atom is -0.354 e. The van der Waals surface area contributed by atoms with Crippen LogP contribution in [0.2, 0.25) is 5.15 Å². The van der Waals surface area contributed by atoms with E-state index in [2.05, 4.69) is 15.7 Å². The van der Waals surface area contributed by atoms with Crippen LogP contribution in [0.1, 0.15) is 35.5 Å². The van der Waals surface area contributed by atoms with Crippen molar-refractivity contribution >= 4 is 23.4 Å². The van der Waals surface area contributed by atoms with Crippen molar-refractivity contribution in [1.82, 2.24) is 20.4 Å². The molecule has 2 rings (SSSR count). The molecule has 0 saturated carbocycles. The van der Waals surface area contributed by atoms with E-state index in [0.29, 0.717) is 24.3 Å². The molecule has 0 aliphatic heterocycles. The van der Waals surface area contributed by atoms with Crippen LogP contribution < -0.4 is 10.6 Å². The van der Waals surface area contributed by atoms with Gasteiger partial charge in [-0.1, -0.05) is 37.6 Å². The van der Waals surface area contributed by atoms with Crippen molar-refractivity contribution in [1.29, 1.82) is 0 Å². The number of benzene rings is 1. The monoisotopic (exact) mass is 380 g/mol. The molecule has 0 radical (unpaired) electrons. The summed E-state index contributed by atoms with van der Waals surface area (Å²) in [6, 6.07) is 6.00. The van der Waals surface area contributed by atoms with Crippen molar-refractivity contribution in [2.75, 3.05) is 13.1 Å². The van der Waals surface area contributed by atoms with E-state index in [4.69, 9.17) is 11.6 Å². The summed E-state index contributed by atoms with van der Waals surface area (Å²) in [4.78, 5) is 23.8. The second-order valence-corrected chi connectivity index (χ2v) is 6.59. The second kappa shape index (κ2) is 8.80. The molecule has 0 spiro atoms. The van der Waals surface area contributed by atoms with Gasteiger partial charge >= 0.3 is 0 Å². The summed E-state index contributed by atoms with van der Waals surface area (Å²) in [5.41, 5.74) is 1.61. The Kier molecular flexibility index (Phi) is 6.74. The molecule has 0 saturated heterocycles. The second-order valence-electron chi connectivity index (χ2n) is 6.24. The van der Waals surface area contributed by atoms with Crippen molar-refractivity contribution in [3.63, 3.8) is 0 Å². The van der Waals surface area contributed by atoms with Crippen molar-refractivity contribution in [3.8, 4) is 0 Å². The van der Waals surface area contributed by atoms with E-state index in [1.807, 2.05) is 0 Å². The minimum absolute atomic E-state index is 0.0689. The molecule has 1 heterocycles. The lowest BCUT2D eigenvalue weighted by atomic mass is 10.2. The van der Waals surface area contributed by atoms with Gasteiger partial charge < -0.3 is 10.6 Å². The quantitative estimate of drug-likeness (QED) is 0.725. The summed E-state index contributed by atoms with van der Waals surface area (Å²) in [7, 11) is 0. The Labute approximate surface area is 156 Å². The van der Waals surface area contributed by atoms with Crippen LogP contribution in [0.3, 0.4) is 0 Å². The lowest BCUT2D eigenvalue weighted by Crippen LogP contribution is -2.36. The molecule has 2 aromatic rings. The van der Waals surface area contributed by atoms with Gasteiger partial charge in [0.25, 0.3) is 5.91 Å². The molecular formula is C18H22ClFN4O2. The lowest BCUT2D eigenvalue weighted by Gasteiger charge is -2.09. The smallest absolute Gasteiger partial charge is 0.256 e. The first-order chi connectivity index (χ1) is 12.3. The normalized spacial score (nSPS) is 10.8. The molecule has 1 aromatic heterocycles. The first-order valence-electron chi connectivity index (χ1n) is 8.33. The lowest BCUT2D eigenvalue weighted by molar-refractivity contribution is -0.123. The predicted octanol–water partition coefficient (Wildman–Crippen LogP) is 2.53. The average molecular weight is 381 g/mol. The highest BCUT2D eigenvalue weighted by atomic mass is 35.5. The van der Waals surface area contributed by atoms with Crippen LogP contribution in [-0.4, -0.2) is 34.7 Å². The van der Waals surface area contributed by atoms with Gasteiger partial charge in [-0.05, 0) is 24.6 Å². The summed E-state index contributed by atoms with van der Waals surface area (Å²) >= 11 is 6.31. The van der Waals surface area contributed by atoms with Crippen LogP contribution in [0.15, 0.2) is 24.3 Å². The Morgan fingerprint density at radius 2 is 1.81 bits per heavy atom. The van der Waals surface area contributed by atoms with Gasteiger partial charge in [-0.25, -0.2) is 9.07 Å². The van der Waals surface area contributed by atoms with Gasteiger partial charge in [-0.3, -0.25) is 9.59 Å². The van der Waals surface area contributed by atoms with Gasteiger partial charge in [0.1, 0.15) is 11.0 Å². The van der Waals surface area contributed by atoms with E-state index < -0.39 is 0 Å². The molecule has 1 aromatic carbocycles. The van der Waals surface area contributed by atoms with Crippen LogP contribution in [0, 0.1) is 18.7 Å². The average Bonchev–Trinajstić information content (AvgIpc) is 2.87. The number of carbonyl (C=O) groups excluding carboxylic acids is 2. The molecule has 0 atom stereocenters. The third kappa shape index (κ3) is 5.05. The third-order valence-electron chi connectivity index (χ3n) is 3.77. The predicted molar refractivity (Wildman–Crippen MR) is 97.7 cm³/mol. The fourth-order valence-electron chi connectivity index (χ4n) is 2.33. The van der Waals surface area contributed by atoms with E-state index in [-0.39, 0.29) is 35.2 Å². The van der Waals surface area contributed by atoms with Gasteiger partial charge in [0, 0.05) is 19.0 Å². The molecule has 0 bridgehead atoms. The van der Waals surface area contributed by atoms with Crippen LogP contribution >= 0.6 is 11.6 Å². The minimum atomic E-state index is -0.350. The van der Waals surface area contributed by atoms with E-state index in [1.165, 1.54) is 16.8 Å². The van der Waals surface area contributed by atoms with Gasteiger partial charge in [0.05, 0.1) is 17.8 Å². The third-order valence-corrected chi connectivity index (χ3v) is 4.16. The molecule has 2 amide bonds. The zero-order valence-electron chi connectivity index (χ0n) is 15.0. The zero-order chi connectivity index (χ0) is 19.3. The zero-order valence-corrected chi connectivity index (χ0v) is 15.7. The molecule has 2 N–H and O–H groups in total. The number of nitrogens with one attached hydrogen (secondary N) is 2. The summed E-state index contributed by atoms with van der Waals surface area (Å²) in [5, 5.41) is 9.95. The number of aryl methyl sites for hydroxylation is 1. The van der Waals surface area contributed by atoms with Crippen LogP contribution in [0.5, 0.6) is 0 Å². The Morgan fingerprint density at radius 1 is 1.19 bits per heavy atom. The topological polar surface area (TPSA) is 76.0 Å². The Morgan fingerprint density at radius 3 is 2.42 bits per heavy atom. The number of carbonyl (C=O) groups is 2. The number of aromatic nitrogens is 2. The molecule has 26 heavy (non-hydrogen) atoms. The number of amides is 2. The van der Waals surface area contributed by atoms with E-state index in [0.717, 1.165) is 5.56 Å². The Hall–Kier alpha value is -2.41. The molecule has 0 aliphatic rings. The first kappa shape index (κ1) is 19.9. The number of hydrogen-bond donors (Lipinski definition) is 2. The highest BCUT2D eigenvalue weighted by Gasteiger charge is 2.20. The van der Waals surface area contributed by atoms with Crippen molar-refractivity contribution < 1.29 is 14.0 Å². The molecule has 140 valence electrons. The summed E-state index contributed by atoms with van der Waals surface area (Å²) in [6.45, 7) is 6.25. The highest BCUT2D eigenvalue weighted by molar-refractivity contribution is 6.33. The van der Waals surface area contributed by atoms with Gasteiger partial charge in [0.2, 0.25) is 5.91 Å². The largest absolute Gasteiger partial charge is 0.354 e. The van der Waals surface area contributed by atoms with Crippen molar-refractivity contribution in [2.45, 2.75) is 27.3 Å². The molecule has 6 nitrogen and oxygen atoms in total. The molecule has 8 heteroatoms. The molecule has 0 aliphatic carbocycles. The Bertz CT molecular complexity index is 787. The standard InChI is InChI=1S/C18H22ClFN4O2/c1-11(2)17(25)21-8-9-22-18(26)15-12(3)23-24(16(15)19)10-13-4-6-14(20)7-5-13/h4-7,11H,8-10H2,1-3H3,(H,21,25)(H,22,26). The molecule has 0 fully saturated rings. The first-order valence-corrected chi connectivity index (χ1v) is 8.70. The maximum Gasteiger partial charge on any atom is 0.256 e. The summed E-state index contributed by atoms with van der Waals surface area (Å²) in [5.74, 6) is -0.842. The molecule has 0 unspecified atom stereocenters.